The van der Waals surface area contributed by atoms with Gasteiger partial charge in [-0.2, -0.15) is 0 Å². The normalized spacial score (nSPS) is 16.6. The number of nitrogens with zero attached hydrogens (tertiary/aromatic N) is 1. The van der Waals surface area contributed by atoms with Crippen molar-refractivity contribution in [3.05, 3.63) is 53.8 Å². The molecule has 0 aliphatic carbocycles. The van der Waals surface area contributed by atoms with Crippen LogP contribution in [-0.2, 0) is 16.1 Å². The zero-order valence-electron chi connectivity index (χ0n) is 17.6. The van der Waals surface area contributed by atoms with Crippen LogP contribution in [0.2, 0.25) is 0 Å². The molecular formula is C23H28FN3O3. The molecule has 2 aromatic carbocycles. The van der Waals surface area contributed by atoms with E-state index in [0.717, 1.165) is 17.5 Å². The van der Waals surface area contributed by atoms with Crippen molar-refractivity contribution in [3.8, 4) is 11.1 Å². The zero-order chi connectivity index (χ0) is 21.9. The number of nitrogens with one attached hydrogen (secondary N) is 1. The number of cyclic esters (lactones) is 1. The van der Waals surface area contributed by atoms with E-state index in [1.165, 1.54) is 11.0 Å². The van der Waals surface area contributed by atoms with Crippen molar-refractivity contribution in [1.29, 1.82) is 0 Å². The lowest BCUT2D eigenvalue weighted by molar-refractivity contribution is -0.117. The number of amides is 2. The Kier molecular flexibility index (Phi) is 6.41. The molecule has 7 heteroatoms. The molecule has 1 aliphatic heterocycles. The molecule has 0 unspecified atom stereocenters. The Morgan fingerprint density at radius 3 is 2.53 bits per heavy atom. The molecule has 1 atom stereocenters. The van der Waals surface area contributed by atoms with Gasteiger partial charge < -0.3 is 15.8 Å². The molecule has 0 aromatic heterocycles. The predicted molar refractivity (Wildman–Crippen MR) is 114 cm³/mol. The van der Waals surface area contributed by atoms with Crippen LogP contribution in [0.3, 0.4) is 0 Å². The minimum absolute atomic E-state index is 0.0393. The van der Waals surface area contributed by atoms with Crippen molar-refractivity contribution in [2.45, 2.75) is 39.8 Å². The summed E-state index contributed by atoms with van der Waals surface area (Å²) in [6.45, 7) is 7.30. The van der Waals surface area contributed by atoms with E-state index in [1.54, 1.807) is 12.1 Å². The zero-order valence-corrected chi connectivity index (χ0v) is 17.6. The maximum Gasteiger partial charge on any atom is 0.414 e. The van der Waals surface area contributed by atoms with Crippen molar-refractivity contribution in [2.75, 3.05) is 18.0 Å². The number of anilines is 1. The Balaban J connectivity index is 1.69. The van der Waals surface area contributed by atoms with E-state index in [-0.39, 0.29) is 18.1 Å². The third kappa shape index (κ3) is 5.57. The second-order valence-electron chi connectivity index (χ2n) is 8.81. The average Bonchev–Trinajstić information content (AvgIpc) is 3.00. The van der Waals surface area contributed by atoms with Crippen molar-refractivity contribution < 1.29 is 18.7 Å². The highest BCUT2D eigenvalue weighted by Crippen LogP contribution is 2.32. The lowest BCUT2D eigenvalue weighted by atomic mass is 9.89. The summed E-state index contributed by atoms with van der Waals surface area (Å²) in [6.07, 6.45) is 0.108. The Bertz CT molecular complexity index is 922. The Morgan fingerprint density at radius 2 is 1.93 bits per heavy atom. The number of ether oxygens (including phenoxy) is 1. The second kappa shape index (κ2) is 8.83. The molecule has 1 fully saturated rings. The van der Waals surface area contributed by atoms with Crippen LogP contribution in [0.1, 0.15) is 32.8 Å². The number of nitrogens with two attached hydrogens (primary N) is 1. The van der Waals surface area contributed by atoms with Gasteiger partial charge in [0.05, 0.1) is 18.8 Å². The van der Waals surface area contributed by atoms with Crippen molar-refractivity contribution in [2.24, 2.45) is 11.1 Å². The SMILES string of the molecule is CC(C)(C)C[C@@H]1CN(c2ccc(-c3ccc(CNCC(N)=O)cc3)c(F)c2)C(=O)O1. The van der Waals surface area contributed by atoms with Gasteiger partial charge in [0.2, 0.25) is 5.91 Å². The highest BCUT2D eigenvalue weighted by Gasteiger charge is 2.35. The van der Waals surface area contributed by atoms with E-state index in [1.807, 2.05) is 24.3 Å². The van der Waals surface area contributed by atoms with Crippen LogP contribution in [0.5, 0.6) is 0 Å². The lowest BCUT2D eigenvalue weighted by Crippen LogP contribution is -2.28. The highest BCUT2D eigenvalue weighted by molar-refractivity contribution is 5.90. The van der Waals surface area contributed by atoms with Gasteiger partial charge in [0.25, 0.3) is 0 Å². The summed E-state index contributed by atoms with van der Waals surface area (Å²) in [7, 11) is 0. The topological polar surface area (TPSA) is 84.7 Å². The molecule has 0 saturated carbocycles. The predicted octanol–water partition coefficient (Wildman–Crippen LogP) is 3.83. The smallest absolute Gasteiger partial charge is 0.414 e. The van der Waals surface area contributed by atoms with E-state index in [0.29, 0.717) is 24.3 Å². The molecular weight excluding hydrogens is 385 g/mol. The quantitative estimate of drug-likeness (QED) is 0.723. The van der Waals surface area contributed by atoms with Gasteiger partial charge in [-0.3, -0.25) is 9.69 Å². The van der Waals surface area contributed by atoms with E-state index in [2.05, 4.69) is 26.1 Å². The number of carbonyl (C=O) groups excluding carboxylic acids is 2. The summed E-state index contributed by atoms with van der Waals surface area (Å²) in [5.74, 6) is -0.820. The fourth-order valence-corrected chi connectivity index (χ4v) is 3.56. The molecule has 3 rings (SSSR count). The summed E-state index contributed by atoms with van der Waals surface area (Å²) in [5.41, 5.74) is 7.77. The number of hydrogen-bond donors (Lipinski definition) is 2. The summed E-state index contributed by atoms with van der Waals surface area (Å²) in [6, 6.07) is 12.2. The molecule has 2 amide bonds. The van der Waals surface area contributed by atoms with Crippen LogP contribution in [0, 0.1) is 11.2 Å². The van der Waals surface area contributed by atoms with Crippen LogP contribution in [-0.4, -0.2) is 31.2 Å². The van der Waals surface area contributed by atoms with Crippen LogP contribution < -0.4 is 16.0 Å². The Hall–Kier alpha value is -2.93. The third-order valence-electron chi connectivity index (χ3n) is 4.87. The van der Waals surface area contributed by atoms with E-state index in [4.69, 9.17) is 10.5 Å². The van der Waals surface area contributed by atoms with Gasteiger partial charge in [-0.15, -0.1) is 0 Å². The molecule has 1 aliphatic rings. The molecule has 0 spiro atoms. The fraction of sp³-hybridized carbons (Fsp3) is 0.391. The molecule has 1 heterocycles. The number of benzene rings is 2. The number of hydrogen-bond acceptors (Lipinski definition) is 4. The standard InChI is InChI=1S/C23H28FN3O3/c1-23(2,3)11-18-14-27(22(29)30-18)17-8-9-19(20(24)10-17)16-6-4-15(5-7-16)12-26-13-21(25)28/h4-10,18,26H,11-14H2,1-3H3,(H2,25,28)/t18-/m1/s1. The van der Waals surface area contributed by atoms with Gasteiger partial charge in [0.1, 0.15) is 11.9 Å². The summed E-state index contributed by atoms with van der Waals surface area (Å²) >= 11 is 0. The largest absolute Gasteiger partial charge is 0.444 e. The number of rotatable bonds is 7. The highest BCUT2D eigenvalue weighted by atomic mass is 19.1. The van der Waals surface area contributed by atoms with E-state index in [9.17, 15) is 14.0 Å². The Labute approximate surface area is 176 Å². The molecule has 1 saturated heterocycles. The van der Waals surface area contributed by atoms with Gasteiger partial charge in [-0.1, -0.05) is 45.0 Å². The van der Waals surface area contributed by atoms with Crippen molar-refractivity contribution >= 4 is 17.7 Å². The molecule has 6 nitrogen and oxygen atoms in total. The number of halogens is 1. The van der Waals surface area contributed by atoms with Gasteiger partial charge in [-0.25, -0.2) is 9.18 Å². The average molecular weight is 413 g/mol. The minimum atomic E-state index is -0.441. The third-order valence-corrected chi connectivity index (χ3v) is 4.87. The van der Waals surface area contributed by atoms with Crippen molar-refractivity contribution in [1.82, 2.24) is 5.32 Å². The second-order valence-corrected chi connectivity index (χ2v) is 8.81. The first-order chi connectivity index (χ1) is 14.1. The van der Waals surface area contributed by atoms with E-state index < -0.39 is 17.8 Å². The molecule has 0 bridgehead atoms. The van der Waals surface area contributed by atoms with Gasteiger partial charge in [-0.05, 0) is 41.2 Å². The fourth-order valence-electron chi connectivity index (χ4n) is 3.56. The molecule has 2 aromatic rings. The first kappa shape index (κ1) is 21.8. The van der Waals surface area contributed by atoms with Gasteiger partial charge in [0, 0.05) is 12.1 Å². The van der Waals surface area contributed by atoms with Crippen LogP contribution in [0.4, 0.5) is 14.9 Å². The van der Waals surface area contributed by atoms with Gasteiger partial charge >= 0.3 is 6.09 Å². The van der Waals surface area contributed by atoms with Crippen LogP contribution in [0.15, 0.2) is 42.5 Å². The minimum Gasteiger partial charge on any atom is -0.444 e. The molecule has 0 radical (unpaired) electrons. The number of primary amides is 1. The van der Waals surface area contributed by atoms with Crippen LogP contribution >= 0.6 is 0 Å². The first-order valence-corrected chi connectivity index (χ1v) is 9.98. The molecule has 160 valence electrons. The monoisotopic (exact) mass is 413 g/mol. The summed E-state index contributed by atoms with van der Waals surface area (Å²) < 4.78 is 20.3. The first-order valence-electron chi connectivity index (χ1n) is 9.98. The van der Waals surface area contributed by atoms with E-state index >= 15 is 0 Å². The summed E-state index contributed by atoms with van der Waals surface area (Å²) in [4.78, 5) is 24.5. The lowest BCUT2D eigenvalue weighted by Gasteiger charge is -2.21. The van der Waals surface area contributed by atoms with Gasteiger partial charge in [0.15, 0.2) is 0 Å². The summed E-state index contributed by atoms with van der Waals surface area (Å²) in [5, 5.41) is 2.93. The Morgan fingerprint density at radius 1 is 1.23 bits per heavy atom. The molecule has 30 heavy (non-hydrogen) atoms. The maximum absolute atomic E-state index is 14.8. The number of carbonyl (C=O) groups is 2. The van der Waals surface area contributed by atoms with Crippen molar-refractivity contribution in [3.63, 3.8) is 0 Å². The maximum atomic E-state index is 14.8. The molecule has 3 N–H and O–H groups in total. The van der Waals surface area contributed by atoms with Crippen LogP contribution in [0.25, 0.3) is 11.1 Å².